The zero-order chi connectivity index (χ0) is 18.1. The Morgan fingerprint density at radius 3 is 1.81 bits per heavy atom. The summed E-state index contributed by atoms with van der Waals surface area (Å²) >= 11 is 0. The highest BCUT2D eigenvalue weighted by Crippen LogP contribution is 2.38. The lowest BCUT2D eigenvalue weighted by Crippen LogP contribution is -2.59. The first-order chi connectivity index (χ1) is 12.4. The molecule has 0 aromatic heterocycles. The molecule has 0 saturated heterocycles. The fourth-order valence-electron chi connectivity index (χ4n) is 3.95. The van der Waals surface area contributed by atoms with Crippen molar-refractivity contribution in [3.05, 3.63) is 65.7 Å². The lowest BCUT2D eigenvalue weighted by atomic mass is 9.33. The first-order valence-electron chi connectivity index (χ1n) is 8.23. The summed E-state index contributed by atoms with van der Waals surface area (Å²) in [6.45, 7) is 1.31. The molecule has 2 heterocycles. The molecule has 26 heavy (non-hydrogen) atoms. The van der Waals surface area contributed by atoms with Crippen molar-refractivity contribution in [3.8, 4) is 23.0 Å². The van der Waals surface area contributed by atoms with Gasteiger partial charge in [-0.1, -0.05) is 35.9 Å². The number of rotatable bonds is 0. The summed E-state index contributed by atoms with van der Waals surface area (Å²) < 4.78 is 53.1. The average Bonchev–Trinajstić information content (AvgIpc) is 2.60. The van der Waals surface area contributed by atoms with Crippen LogP contribution in [-0.2, 0) is 6.18 Å². The van der Waals surface area contributed by atoms with Gasteiger partial charge in [-0.3, -0.25) is 0 Å². The van der Waals surface area contributed by atoms with E-state index in [-0.39, 0.29) is 11.2 Å². The highest BCUT2D eigenvalue weighted by molar-refractivity contribution is 6.98. The van der Waals surface area contributed by atoms with Crippen molar-refractivity contribution in [1.82, 2.24) is 0 Å². The standard InChI is InChI=1S/C20H12BF3O2/c1-11-5-2-7-13-17(11)21-18-12(20(22,23)24)6-3-8-14(18)26-16-10-4-9-15(25-13)19(16)21/h2-10H,1H3. The Balaban J connectivity index is 1.90. The number of aryl methyl sites for hydroxylation is 1. The van der Waals surface area contributed by atoms with Gasteiger partial charge in [-0.25, -0.2) is 0 Å². The fourth-order valence-corrected chi connectivity index (χ4v) is 3.95. The molecule has 0 radical (unpaired) electrons. The quantitative estimate of drug-likeness (QED) is 0.396. The Morgan fingerprint density at radius 2 is 1.19 bits per heavy atom. The molecule has 0 bridgehead atoms. The Morgan fingerprint density at radius 1 is 0.692 bits per heavy atom. The predicted molar refractivity (Wildman–Crippen MR) is 93.9 cm³/mol. The Kier molecular flexibility index (Phi) is 3.00. The number of hydrogen-bond donors (Lipinski definition) is 0. The third-order valence-corrected chi connectivity index (χ3v) is 4.99. The van der Waals surface area contributed by atoms with Crippen LogP contribution in [0.15, 0.2) is 54.6 Å². The minimum absolute atomic E-state index is 0.152. The zero-order valence-electron chi connectivity index (χ0n) is 13.7. The Labute approximate surface area is 148 Å². The van der Waals surface area contributed by atoms with Crippen LogP contribution >= 0.6 is 0 Å². The van der Waals surface area contributed by atoms with E-state index in [0.29, 0.717) is 22.7 Å². The molecule has 0 atom stereocenters. The summed E-state index contributed by atoms with van der Waals surface area (Å²) in [6.07, 6.45) is -4.47. The molecule has 2 aliphatic heterocycles. The van der Waals surface area contributed by atoms with Crippen molar-refractivity contribution in [2.24, 2.45) is 0 Å². The second kappa shape index (κ2) is 5.07. The van der Waals surface area contributed by atoms with Crippen molar-refractivity contribution in [3.63, 3.8) is 0 Å². The highest BCUT2D eigenvalue weighted by Gasteiger charge is 2.46. The number of hydrogen-bond acceptors (Lipinski definition) is 2. The van der Waals surface area contributed by atoms with Crippen molar-refractivity contribution >= 4 is 23.1 Å². The summed E-state index contributed by atoms with van der Waals surface area (Å²) in [6, 6.07) is 14.9. The van der Waals surface area contributed by atoms with E-state index in [1.807, 2.05) is 19.1 Å². The van der Waals surface area contributed by atoms with E-state index in [2.05, 4.69) is 0 Å². The van der Waals surface area contributed by atoms with Gasteiger partial charge in [-0.05, 0) is 42.1 Å². The third kappa shape index (κ3) is 2.01. The molecule has 3 aromatic rings. The first-order valence-corrected chi connectivity index (χ1v) is 8.23. The van der Waals surface area contributed by atoms with Gasteiger partial charge in [0.15, 0.2) is 0 Å². The molecule has 0 fully saturated rings. The van der Waals surface area contributed by atoms with Gasteiger partial charge in [0.25, 0.3) is 6.71 Å². The number of fused-ring (bicyclic) bond motifs is 4. The van der Waals surface area contributed by atoms with Gasteiger partial charge in [-0.15, -0.1) is 0 Å². The van der Waals surface area contributed by atoms with Crippen LogP contribution in [0.25, 0.3) is 0 Å². The smallest absolute Gasteiger partial charge is 0.416 e. The lowest BCUT2D eigenvalue weighted by Gasteiger charge is -2.34. The van der Waals surface area contributed by atoms with E-state index in [4.69, 9.17) is 9.47 Å². The van der Waals surface area contributed by atoms with E-state index in [9.17, 15) is 13.2 Å². The molecule has 0 saturated carbocycles. The number of ether oxygens (including phenoxy) is 2. The summed E-state index contributed by atoms with van der Waals surface area (Å²) in [4.78, 5) is 0. The maximum Gasteiger partial charge on any atom is 0.416 e. The van der Waals surface area contributed by atoms with Crippen molar-refractivity contribution in [2.75, 3.05) is 0 Å². The van der Waals surface area contributed by atoms with Crippen molar-refractivity contribution < 1.29 is 22.6 Å². The van der Waals surface area contributed by atoms with E-state index in [1.165, 1.54) is 6.07 Å². The number of halogens is 3. The number of alkyl halides is 3. The molecule has 3 aromatic carbocycles. The second-order valence-electron chi connectivity index (χ2n) is 6.51. The van der Waals surface area contributed by atoms with Gasteiger partial charge < -0.3 is 9.47 Å². The largest absolute Gasteiger partial charge is 0.458 e. The van der Waals surface area contributed by atoms with Gasteiger partial charge in [0.2, 0.25) is 0 Å². The minimum atomic E-state index is -4.47. The number of benzene rings is 3. The van der Waals surface area contributed by atoms with Crippen LogP contribution in [0.1, 0.15) is 11.1 Å². The second-order valence-corrected chi connectivity index (χ2v) is 6.51. The van der Waals surface area contributed by atoms with Crippen LogP contribution in [-0.4, -0.2) is 6.71 Å². The average molecular weight is 352 g/mol. The third-order valence-electron chi connectivity index (χ3n) is 4.99. The molecule has 0 N–H and O–H groups in total. The molecule has 6 heteroatoms. The van der Waals surface area contributed by atoms with Gasteiger partial charge in [0.05, 0.1) is 5.56 Å². The molecule has 0 aliphatic carbocycles. The summed E-state index contributed by atoms with van der Waals surface area (Å²) in [5.74, 6) is 1.90. The topological polar surface area (TPSA) is 18.5 Å². The van der Waals surface area contributed by atoms with Gasteiger partial charge >= 0.3 is 6.18 Å². The minimum Gasteiger partial charge on any atom is -0.458 e. The van der Waals surface area contributed by atoms with Crippen molar-refractivity contribution in [2.45, 2.75) is 13.1 Å². The van der Waals surface area contributed by atoms with Crippen LogP contribution in [0.3, 0.4) is 0 Å². The predicted octanol–water partition coefficient (Wildman–Crippen LogP) is 3.74. The molecule has 0 unspecified atom stereocenters. The molecular weight excluding hydrogens is 340 g/mol. The van der Waals surface area contributed by atoms with E-state index in [0.717, 1.165) is 17.1 Å². The SMILES string of the molecule is Cc1cccc2c1B1c3c(cccc3Oc3cccc(C(F)(F)F)c31)O2. The fraction of sp³-hybridized carbons (Fsp3) is 0.100. The van der Waals surface area contributed by atoms with Crippen LogP contribution in [0, 0.1) is 6.92 Å². The van der Waals surface area contributed by atoms with Crippen LogP contribution in [0.2, 0.25) is 0 Å². The van der Waals surface area contributed by atoms with Gasteiger partial charge in [0, 0.05) is 5.46 Å². The molecule has 2 aliphatic rings. The maximum atomic E-state index is 13.8. The van der Waals surface area contributed by atoms with E-state index >= 15 is 0 Å². The molecule has 2 nitrogen and oxygen atoms in total. The van der Waals surface area contributed by atoms with Crippen LogP contribution in [0.5, 0.6) is 23.0 Å². The van der Waals surface area contributed by atoms with Crippen LogP contribution in [0.4, 0.5) is 13.2 Å². The Hall–Kier alpha value is -2.89. The van der Waals surface area contributed by atoms with E-state index < -0.39 is 18.5 Å². The summed E-state index contributed by atoms with van der Waals surface area (Å²) in [5.41, 5.74) is 1.78. The molecule has 5 rings (SSSR count). The summed E-state index contributed by atoms with van der Waals surface area (Å²) in [7, 11) is 0. The van der Waals surface area contributed by atoms with E-state index in [1.54, 1.807) is 30.3 Å². The molecule has 0 amide bonds. The molecule has 0 spiro atoms. The lowest BCUT2D eigenvalue weighted by molar-refractivity contribution is -0.136. The Bertz CT molecular complexity index is 1020. The molecule has 128 valence electrons. The van der Waals surface area contributed by atoms with Gasteiger partial charge in [-0.2, -0.15) is 13.2 Å². The maximum absolute atomic E-state index is 13.8. The zero-order valence-corrected chi connectivity index (χ0v) is 13.7. The first kappa shape index (κ1) is 15.4. The van der Waals surface area contributed by atoms with Gasteiger partial charge in [0.1, 0.15) is 23.0 Å². The van der Waals surface area contributed by atoms with Crippen molar-refractivity contribution in [1.29, 1.82) is 0 Å². The monoisotopic (exact) mass is 352 g/mol. The highest BCUT2D eigenvalue weighted by atomic mass is 19.4. The summed E-state index contributed by atoms with van der Waals surface area (Å²) in [5, 5.41) is 0. The molecular formula is C20H12BF3O2. The normalized spacial score (nSPS) is 13.9. The van der Waals surface area contributed by atoms with Crippen LogP contribution < -0.4 is 25.9 Å².